The molecule has 0 saturated heterocycles. The van der Waals surface area contributed by atoms with Crippen molar-refractivity contribution in [3.05, 3.63) is 65.2 Å². The first-order valence-electron chi connectivity index (χ1n) is 8.55. The quantitative estimate of drug-likeness (QED) is 0.681. The summed E-state index contributed by atoms with van der Waals surface area (Å²) in [5, 5.41) is 0. The third kappa shape index (κ3) is 2.13. The van der Waals surface area contributed by atoms with Gasteiger partial charge in [0.25, 0.3) is 5.91 Å². The minimum Gasteiger partial charge on any atom is -0.443 e. The van der Waals surface area contributed by atoms with Gasteiger partial charge in [-0.25, -0.2) is 9.69 Å². The zero-order valence-corrected chi connectivity index (χ0v) is 14.9. The van der Waals surface area contributed by atoms with Gasteiger partial charge in [0.15, 0.2) is 5.78 Å². The summed E-state index contributed by atoms with van der Waals surface area (Å²) in [6.45, 7) is 5.22. The summed E-state index contributed by atoms with van der Waals surface area (Å²) in [6, 6.07) is 14.2. The van der Waals surface area contributed by atoms with Gasteiger partial charge < -0.3 is 4.74 Å². The van der Waals surface area contributed by atoms with Gasteiger partial charge in [-0.2, -0.15) is 0 Å². The van der Waals surface area contributed by atoms with E-state index in [2.05, 4.69) is 0 Å². The number of hydrogen-bond donors (Lipinski definition) is 0. The van der Waals surface area contributed by atoms with E-state index < -0.39 is 23.0 Å². The summed E-state index contributed by atoms with van der Waals surface area (Å²) in [5.41, 5.74) is 0.236. The highest BCUT2D eigenvalue weighted by Crippen LogP contribution is 2.50. The fourth-order valence-electron chi connectivity index (χ4n) is 3.82. The normalized spacial score (nSPS) is 21.1. The van der Waals surface area contributed by atoms with Crippen molar-refractivity contribution in [1.29, 1.82) is 0 Å². The number of benzene rings is 2. The molecule has 0 radical (unpaired) electrons. The number of ketones is 1. The van der Waals surface area contributed by atoms with Gasteiger partial charge in [-0.05, 0) is 38.8 Å². The van der Waals surface area contributed by atoms with E-state index in [0.29, 0.717) is 16.8 Å². The maximum Gasteiger partial charge on any atom is 0.421 e. The van der Waals surface area contributed by atoms with E-state index in [1.54, 1.807) is 57.2 Å². The largest absolute Gasteiger partial charge is 0.443 e. The van der Waals surface area contributed by atoms with Crippen molar-refractivity contribution in [3.8, 4) is 0 Å². The molecule has 0 N–H and O–H groups in total. The highest BCUT2D eigenvalue weighted by atomic mass is 16.6. The molecule has 2 aliphatic rings. The van der Waals surface area contributed by atoms with Crippen LogP contribution in [0.25, 0.3) is 0 Å². The molecule has 4 rings (SSSR count). The van der Waals surface area contributed by atoms with Gasteiger partial charge in [-0.3, -0.25) is 9.59 Å². The molecule has 0 fully saturated rings. The third-order valence-electron chi connectivity index (χ3n) is 4.85. The predicted molar refractivity (Wildman–Crippen MR) is 96.3 cm³/mol. The minimum atomic E-state index is -1.38. The lowest BCUT2D eigenvalue weighted by molar-refractivity contribution is -0.121. The van der Waals surface area contributed by atoms with Crippen LogP contribution in [0.15, 0.2) is 48.5 Å². The third-order valence-corrected chi connectivity index (χ3v) is 4.85. The fourth-order valence-corrected chi connectivity index (χ4v) is 3.82. The molecular weight excluding hydrogens is 330 g/mol. The van der Waals surface area contributed by atoms with Gasteiger partial charge in [0, 0.05) is 11.1 Å². The van der Waals surface area contributed by atoms with Crippen LogP contribution in [0.5, 0.6) is 0 Å². The van der Waals surface area contributed by atoms with E-state index in [1.165, 1.54) is 0 Å². The highest BCUT2D eigenvalue weighted by Gasteiger charge is 2.61. The Morgan fingerprint density at radius 3 is 2.38 bits per heavy atom. The van der Waals surface area contributed by atoms with Crippen LogP contribution in [0, 0.1) is 0 Å². The number of carbonyl (C=O) groups is 3. The second-order valence-corrected chi connectivity index (χ2v) is 7.71. The van der Waals surface area contributed by atoms with Crippen LogP contribution < -0.4 is 4.90 Å². The number of rotatable bonds is 0. The minimum absolute atomic E-state index is 0.253. The summed E-state index contributed by atoms with van der Waals surface area (Å²) in [4.78, 5) is 40.4. The number of para-hydroxylation sites is 1. The van der Waals surface area contributed by atoms with Gasteiger partial charge in [0.2, 0.25) is 0 Å². The Kier molecular flexibility index (Phi) is 3.35. The number of anilines is 1. The summed E-state index contributed by atoms with van der Waals surface area (Å²) in [7, 11) is 0. The van der Waals surface area contributed by atoms with Crippen molar-refractivity contribution in [2.45, 2.75) is 38.2 Å². The first kappa shape index (κ1) is 16.5. The average molecular weight is 349 g/mol. The zero-order valence-electron chi connectivity index (χ0n) is 14.9. The molecule has 5 heteroatoms. The molecule has 1 atom stereocenters. The Bertz CT molecular complexity index is 956. The molecule has 2 aromatic carbocycles. The number of hydrogen-bond acceptors (Lipinski definition) is 4. The standard InChI is InChI=1S/C21H19NO4/c1-20(2,3)26-19(25)22-16-11-7-6-10-15(16)21(18(22)24)12-13-8-4-5-9-14(13)17(21)23/h4-11H,12H2,1-3H3/t21-/m1/s1. The fraction of sp³-hybridized carbons (Fsp3) is 0.286. The van der Waals surface area contributed by atoms with Crippen molar-refractivity contribution in [2.75, 3.05) is 4.90 Å². The molecule has 1 aliphatic carbocycles. The van der Waals surface area contributed by atoms with Gasteiger partial charge in [-0.1, -0.05) is 42.5 Å². The highest BCUT2D eigenvalue weighted by molar-refractivity contribution is 6.33. The molecule has 2 amide bonds. The van der Waals surface area contributed by atoms with E-state index in [0.717, 1.165) is 10.5 Å². The molecule has 1 heterocycles. The Morgan fingerprint density at radius 2 is 1.69 bits per heavy atom. The lowest BCUT2D eigenvalue weighted by Crippen LogP contribution is -2.48. The van der Waals surface area contributed by atoms with Gasteiger partial charge in [0.05, 0.1) is 5.69 Å². The number of imide groups is 1. The number of carbonyl (C=O) groups excluding carboxylic acids is 3. The molecule has 0 saturated carbocycles. The lowest BCUT2D eigenvalue weighted by Gasteiger charge is -2.25. The van der Waals surface area contributed by atoms with Crippen LogP contribution in [0.3, 0.4) is 0 Å². The van der Waals surface area contributed by atoms with E-state index in [-0.39, 0.29) is 12.2 Å². The van der Waals surface area contributed by atoms with Crippen LogP contribution in [0.1, 0.15) is 42.3 Å². The summed E-state index contributed by atoms with van der Waals surface area (Å²) in [6.07, 6.45) is -0.493. The van der Waals surface area contributed by atoms with Crippen molar-refractivity contribution in [2.24, 2.45) is 0 Å². The van der Waals surface area contributed by atoms with Crippen molar-refractivity contribution in [1.82, 2.24) is 0 Å². The first-order valence-corrected chi connectivity index (χ1v) is 8.55. The molecule has 0 aromatic heterocycles. The summed E-state index contributed by atoms with van der Waals surface area (Å²) >= 11 is 0. The SMILES string of the molecule is CC(C)(C)OC(=O)N1C(=O)[C@]2(Cc3ccccc3C2=O)c2ccccc21. The number of amides is 2. The maximum absolute atomic E-state index is 13.4. The average Bonchev–Trinajstić information content (AvgIpc) is 3.01. The Hall–Kier alpha value is -2.95. The monoisotopic (exact) mass is 349 g/mol. The van der Waals surface area contributed by atoms with Crippen LogP contribution >= 0.6 is 0 Å². The van der Waals surface area contributed by atoms with E-state index in [4.69, 9.17) is 4.74 Å². The molecule has 1 aliphatic heterocycles. The Morgan fingerprint density at radius 1 is 1.04 bits per heavy atom. The molecule has 0 unspecified atom stereocenters. The molecule has 5 nitrogen and oxygen atoms in total. The van der Waals surface area contributed by atoms with Crippen molar-refractivity contribution < 1.29 is 19.1 Å². The second kappa shape index (κ2) is 5.27. The van der Waals surface area contributed by atoms with Crippen molar-refractivity contribution >= 4 is 23.5 Å². The van der Waals surface area contributed by atoms with Crippen LogP contribution in [0.4, 0.5) is 10.5 Å². The smallest absolute Gasteiger partial charge is 0.421 e. The van der Waals surface area contributed by atoms with Crippen molar-refractivity contribution in [3.63, 3.8) is 0 Å². The molecule has 0 bridgehead atoms. The summed E-state index contributed by atoms with van der Waals surface area (Å²) in [5.74, 6) is -0.786. The first-order chi connectivity index (χ1) is 12.3. The van der Waals surface area contributed by atoms with Crippen LogP contribution in [0.2, 0.25) is 0 Å². The number of nitrogens with zero attached hydrogens (tertiary/aromatic N) is 1. The van der Waals surface area contributed by atoms with Gasteiger partial charge >= 0.3 is 6.09 Å². The van der Waals surface area contributed by atoms with Crippen LogP contribution in [-0.4, -0.2) is 23.4 Å². The number of fused-ring (bicyclic) bond motifs is 3. The predicted octanol–water partition coefficient (Wildman–Crippen LogP) is 3.65. The van der Waals surface area contributed by atoms with E-state index in [9.17, 15) is 14.4 Å². The molecular formula is C21H19NO4. The maximum atomic E-state index is 13.4. The number of ether oxygens (including phenoxy) is 1. The van der Waals surface area contributed by atoms with Gasteiger partial charge in [-0.15, -0.1) is 0 Å². The van der Waals surface area contributed by atoms with Gasteiger partial charge in [0.1, 0.15) is 11.0 Å². The molecule has 1 spiro atoms. The molecule has 26 heavy (non-hydrogen) atoms. The number of Topliss-reactive ketones (excluding diaryl/α,β-unsaturated/α-hetero) is 1. The van der Waals surface area contributed by atoms with E-state index >= 15 is 0 Å². The van der Waals surface area contributed by atoms with Crippen LogP contribution in [-0.2, 0) is 21.4 Å². The second-order valence-electron chi connectivity index (χ2n) is 7.71. The topological polar surface area (TPSA) is 63.7 Å². The van der Waals surface area contributed by atoms with E-state index in [1.807, 2.05) is 12.1 Å². The Labute approximate surface area is 151 Å². The zero-order chi connectivity index (χ0) is 18.7. The Balaban J connectivity index is 1.86. The summed E-state index contributed by atoms with van der Waals surface area (Å²) < 4.78 is 5.42. The molecule has 132 valence electrons. The lowest BCUT2D eigenvalue weighted by atomic mass is 9.78. The molecule has 2 aromatic rings.